The lowest BCUT2D eigenvalue weighted by Crippen LogP contribution is -2.49. The standard InChI is InChI=1S/C19H39N5O2.HI/c1-4-17(24-8-6-7-9-24)14-21-18(20-5-2)22-15-19(3,25)16-23-10-12-26-13-11-23;/h17,25H,4-16H2,1-3H3,(H2,20,21,22);1H. The molecule has 160 valence electrons. The molecule has 2 atom stereocenters. The van der Waals surface area contributed by atoms with E-state index in [1.54, 1.807) is 0 Å². The second-order valence-electron chi connectivity index (χ2n) is 7.77. The van der Waals surface area contributed by atoms with E-state index in [0.717, 1.165) is 51.8 Å². The van der Waals surface area contributed by atoms with Crippen LogP contribution in [0.1, 0.15) is 40.0 Å². The normalized spacial score (nSPS) is 22.7. The molecular weight excluding hydrogens is 457 g/mol. The Bertz CT molecular complexity index is 424. The minimum atomic E-state index is -0.835. The van der Waals surface area contributed by atoms with Crippen LogP contribution in [0.15, 0.2) is 4.99 Å². The zero-order valence-electron chi connectivity index (χ0n) is 17.4. The van der Waals surface area contributed by atoms with Crippen LogP contribution in [0.4, 0.5) is 0 Å². The maximum absolute atomic E-state index is 10.7. The molecule has 0 amide bonds. The fraction of sp³-hybridized carbons (Fsp3) is 0.947. The second kappa shape index (κ2) is 13.1. The minimum absolute atomic E-state index is 0. The van der Waals surface area contributed by atoms with E-state index >= 15 is 0 Å². The average Bonchev–Trinajstić information content (AvgIpc) is 3.15. The van der Waals surface area contributed by atoms with Gasteiger partial charge in [-0.3, -0.25) is 14.8 Å². The number of hydrogen-bond acceptors (Lipinski definition) is 5. The number of nitrogens with zero attached hydrogens (tertiary/aromatic N) is 3. The van der Waals surface area contributed by atoms with Gasteiger partial charge in [-0.2, -0.15) is 0 Å². The number of likely N-dealkylation sites (tertiary alicyclic amines) is 1. The SMILES string of the molecule is CCNC(=NCC(C)(O)CN1CCOCC1)NCC(CC)N1CCCC1.I. The molecule has 2 aliphatic heterocycles. The van der Waals surface area contributed by atoms with Crippen molar-refractivity contribution < 1.29 is 9.84 Å². The molecule has 0 spiro atoms. The second-order valence-corrected chi connectivity index (χ2v) is 7.77. The predicted octanol–water partition coefficient (Wildman–Crippen LogP) is 1.12. The molecule has 2 saturated heterocycles. The van der Waals surface area contributed by atoms with Crippen molar-refractivity contribution >= 4 is 29.9 Å². The van der Waals surface area contributed by atoms with Gasteiger partial charge in [-0.15, -0.1) is 24.0 Å². The molecule has 0 aliphatic carbocycles. The Morgan fingerprint density at radius 2 is 1.81 bits per heavy atom. The van der Waals surface area contributed by atoms with E-state index in [0.29, 0.717) is 19.1 Å². The number of morpholine rings is 1. The molecule has 0 aromatic carbocycles. The Labute approximate surface area is 182 Å². The smallest absolute Gasteiger partial charge is 0.191 e. The van der Waals surface area contributed by atoms with Crippen LogP contribution in [0.5, 0.6) is 0 Å². The van der Waals surface area contributed by atoms with Crippen LogP contribution in [0, 0.1) is 0 Å². The van der Waals surface area contributed by atoms with Crippen LogP contribution < -0.4 is 10.6 Å². The summed E-state index contributed by atoms with van der Waals surface area (Å²) >= 11 is 0. The van der Waals surface area contributed by atoms with Gasteiger partial charge >= 0.3 is 0 Å². The van der Waals surface area contributed by atoms with Crippen molar-refractivity contribution in [2.45, 2.75) is 51.7 Å². The summed E-state index contributed by atoms with van der Waals surface area (Å²) in [6, 6.07) is 0.551. The fourth-order valence-corrected chi connectivity index (χ4v) is 3.73. The quantitative estimate of drug-likeness (QED) is 0.252. The van der Waals surface area contributed by atoms with E-state index in [1.165, 1.54) is 25.9 Å². The van der Waals surface area contributed by atoms with Gasteiger partial charge in [0.15, 0.2) is 5.96 Å². The van der Waals surface area contributed by atoms with Crippen LogP contribution >= 0.6 is 24.0 Å². The number of guanidine groups is 1. The van der Waals surface area contributed by atoms with Gasteiger partial charge in [0.25, 0.3) is 0 Å². The van der Waals surface area contributed by atoms with Gasteiger partial charge in [-0.05, 0) is 46.2 Å². The average molecular weight is 497 g/mol. The number of rotatable bonds is 9. The van der Waals surface area contributed by atoms with Crippen molar-refractivity contribution in [1.82, 2.24) is 20.4 Å². The molecule has 0 bridgehead atoms. The van der Waals surface area contributed by atoms with Crippen molar-refractivity contribution in [2.75, 3.05) is 65.6 Å². The zero-order chi connectivity index (χ0) is 18.8. The summed E-state index contributed by atoms with van der Waals surface area (Å²) in [4.78, 5) is 9.48. The molecule has 7 nitrogen and oxygen atoms in total. The van der Waals surface area contributed by atoms with Crippen molar-refractivity contribution in [1.29, 1.82) is 0 Å². The maximum atomic E-state index is 10.7. The number of ether oxygens (including phenoxy) is 1. The van der Waals surface area contributed by atoms with Crippen LogP contribution in [0.2, 0.25) is 0 Å². The fourth-order valence-electron chi connectivity index (χ4n) is 3.73. The van der Waals surface area contributed by atoms with Crippen molar-refractivity contribution in [3.05, 3.63) is 0 Å². The Kier molecular flexibility index (Phi) is 12.1. The summed E-state index contributed by atoms with van der Waals surface area (Å²) in [5, 5.41) is 17.5. The van der Waals surface area contributed by atoms with Crippen molar-refractivity contribution in [2.24, 2.45) is 4.99 Å². The lowest BCUT2D eigenvalue weighted by molar-refractivity contribution is -0.0180. The summed E-state index contributed by atoms with van der Waals surface area (Å²) in [5.74, 6) is 0.799. The molecule has 2 unspecified atom stereocenters. The Balaban J connectivity index is 0.00000364. The summed E-state index contributed by atoms with van der Waals surface area (Å²) < 4.78 is 5.38. The number of hydrogen-bond donors (Lipinski definition) is 3. The largest absolute Gasteiger partial charge is 0.387 e. The highest BCUT2D eigenvalue weighted by atomic mass is 127. The molecule has 2 aliphatic rings. The van der Waals surface area contributed by atoms with Crippen LogP contribution in [-0.4, -0.2) is 98.1 Å². The lowest BCUT2D eigenvalue weighted by Gasteiger charge is -2.33. The molecule has 2 fully saturated rings. The van der Waals surface area contributed by atoms with Gasteiger partial charge in [0.05, 0.1) is 25.4 Å². The minimum Gasteiger partial charge on any atom is -0.387 e. The van der Waals surface area contributed by atoms with Gasteiger partial charge < -0.3 is 20.5 Å². The zero-order valence-corrected chi connectivity index (χ0v) is 19.7. The van der Waals surface area contributed by atoms with Crippen molar-refractivity contribution in [3.63, 3.8) is 0 Å². The van der Waals surface area contributed by atoms with Crippen LogP contribution in [0.3, 0.4) is 0 Å². The third-order valence-electron chi connectivity index (χ3n) is 5.22. The van der Waals surface area contributed by atoms with Gasteiger partial charge in [-0.1, -0.05) is 6.92 Å². The van der Waals surface area contributed by atoms with Gasteiger partial charge in [0.2, 0.25) is 0 Å². The highest BCUT2D eigenvalue weighted by molar-refractivity contribution is 14.0. The van der Waals surface area contributed by atoms with E-state index in [-0.39, 0.29) is 24.0 Å². The molecule has 0 saturated carbocycles. The molecule has 0 aromatic rings. The molecule has 2 rings (SSSR count). The predicted molar refractivity (Wildman–Crippen MR) is 122 cm³/mol. The molecule has 2 heterocycles. The molecular formula is C19H40IN5O2. The summed E-state index contributed by atoms with van der Waals surface area (Å²) in [6.07, 6.45) is 3.77. The van der Waals surface area contributed by atoms with E-state index in [4.69, 9.17) is 4.74 Å². The molecule has 3 N–H and O–H groups in total. The number of halogens is 1. The Morgan fingerprint density at radius 1 is 1.15 bits per heavy atom. The molecule has 0 radical (unpaired) electrons. The third-order valence-corrected chi connectivity index (χ3v) is 5.22. The number of aliphatic hydroxyl groups is 1. The monoisotopic (exact) mass is 497 g/mol. The third kappa shape index (κ3) is 9.25. The van der Waals surface area contributed by atoms with Gasteiger partial charge in [-0.25, -0.2) is 0 Å². The highest BCUT2D eigenvalue weighted by Crippen LogP contribution is 2.13. The van der Waals surface area contributed by atoms with Crippen LogP contribution in [-0.2, 0) is 4.74 Å². The summed E-state index contributed by atoms with van der Waals surface area (Å²) in [6.45, 7) is 14.6. The number of β-amino-alcohol motifs (C(OH)–C–C–N with tert-alkyl or cyclic N) is 1. The van der Waals surface area contributed by atoms with Gasteiger partial charge in [0, 0.05) is 38.8 Å². The van der Waals surface area contributed by atoms with E-state index < -0.39 is 5.60 Å². The first kappa shape index (κ1) is 24.9. The molecule has 8 heteroatoms. The number of aliphatic imine (C=N–C) groups is 1. The van der Waals surface area contributed by atoms with Crippen molar-refractivity contribution in [3.8, 4) is 0 Å². The summed E-state index contributed by atoms with van der Waals surface area (Å²) in [7, 11) is 0. The Hall–Kier alpha value is -0.160. The van der Waals surface area contributed by atoms with E-state index in [1.807, 2.05) is 6.92 Å². The molecule has 27 heavy (non-hydrogen) atoms. The van der Waals surface area contributed by atoms with E-state index in [9.17, 15) is 5.11 Å². The van der Waals surface area contributed by atoms with Gasteiger partial charge in [0.1, 0.15) is 0 Å². The first-order chi connectivity index (χ1) is 12.5. The topological polar surface area (TPSA) is 72.4 Å². The maximum Gasteiger partial charge on any atom is 0.191 e. The van der Waals surface area contributed by atoms with Crippen LogP contribution in [0.25, 0.3) is 0 Å². The lowest BCUT2D eigenvalue weighted by atomic mass is 10.1. The Morgan fingerprint density at radius 3 is 2.41 bits per heavy atom. The van der Waals surface area contributed by atoms with E-state index in [2.05, 4.69) is 39.3 Å². The highest BCUT2D eigenvalue weighted by Gasteiger charge is 2.25. The molecule has 0 aromatic heterocycles. The first-order valence-electron chi connectivity index (χ1n) is 10.3. The summed E-state index contributed by atoms with van der Waals surface area (Å²) in [5.41, 5.74) is -0.835. The number of nitrogens with one attached hydrogen (secondary N) is 2. The first-order valence-corrected chi connectivity index (χ1v) is 10.3.